The zero-order valence-electron chi connectivity index (χ0n) is 9.81. The van der Waals surface area contributed by atoms with Crippen LogP contribution in [0.4, 0.5) is 8.78 Å². The highest BCUT2D eigenvalue weighted by Gasteiger charge is 2.17. The number of fused-ring (bicyclic) bond motifs is 1. The Kier molecular flexibility index (Phi) is 2.80. The van der Waals surface area contributed by atoms with Crippen molar-refractivity contribution in [2.75, 3.05) is 0 Å². The SMILES string of the molecule is OC(c1ccc(F)c(F)c1)c1coc2ccccc12. The quantitative estimate of drug-likeness (QED) is 0.760. The van der Waals surface area contributed by atoms with Crippen molar-refractivity contribution in [1.82, 2.24) is 0 Å². The van der Waals surface area contributed by atoms with Crippen molar-refractivity contribution in [2.45, 2.75) is 6.10 Å². The van der Waals surface area contributed by atoms with Crippen LogP contribution in [0.3, 0.4) is 0 Å². The zero-order chi connectivity index (χ0) is 13.4. The molecule has 4 heteroatoms. The summed E-state index contributed by atoms with van der Waals surface area (Å²) in [6.07, 6.45) is 0.370. The first-order chi connectivity index (χ1) is 9.16. The molecule has 0 spiro atoms. The Morgan fingerprint density at radius 3 is 2.58 bits per heavy atom. The fourth-order valence-corrected chi connectivity index (χ4v) is 2.07. The van der Waals surface area contributed by atoms with Crippen LogP contribution in [0.5, 0.6) is 0 Å². The average Bonchev–Trinajstić information content (AvgIpc) is 2.85. The van der Waals surface area contributed by atoms with Crippen LogP contribution in [0.15, 0.2) is 53.1 Å². The fourth-order valence-electron chi connectivity index (χ4n) is 2.07. The maximum absolute atomic E-state index is 13.2. The van der Waals surface area contributed by atoms with Crippen molar-refractivity contribution >= 4 is 11.0 Å². The standard InChI is InChI=1S/C15H10F2O2/c16-12-6-5-9(7-13(12)17)15(18)11-8-19-14-4-2-1-3-10(11)14/h1-8,15,18H. The van der Waals surface area contributed by atoms with Crippen molar-refractivity contribution in [1.29, 1.82) is 0 Å². The Bertz CT molecular complexity index is 734. The van der Waals surface area contributed by atoms with Gasteiger partial charge in [-0.25, -0.2) is 8.78 Å². The Balaban J connectivity index is 2.08. The first kappa shape index (κ1) is 11.9. The molecular formula is C15H10F2O2. The van der Waals surface area contributed by atoms with Crippen LogP contribution in [0.2, 0.25) is 0 Å². The van der Waals surface area contributed by atoms with Crippen LogP contribution in [0, 0.1) is 11.6 Å². The summed E-state index contributed by atoms with van der Waals surface area (Å²) in [5.74, 6) is -1.92. The lowest BCUT2D eigenvalue weighted by Gasteiger charge is -2.09. The van der Waals surface area contributed by atoms with Gasteiger partial charge >= 0.3 is 0 Å². The second-order valence-electron chi connectivity index (χ2n) is 4.26. The molecule has 0 amide bonds. The number of halogens is 2. The van der Waals surface area contributed by atoms with E-state index in [1.165, 1.54) is 12.3 Å². The molecule has 0 saturated carbocycles. The molecule has 3 rings (SSSR count). The molecule has 0 aliphatic rings. The van der Waals surface area contributed by atoms with E-state index in [0.29, 0.717) is 11.1 Å². The number of hydrogen-bond acceptors (Lipinski definition) is 2. The van der Waals surface area contributed by atoms with E-state index in [-0.39, 0.29) is 5.56 Å². The Morgan fingerprint density at radius 1 is 1.00 bits per heavy atom. The number of furan rings is 1. The third kappa shape index (κ3) is 2.00. The first-order valence-electron chi connectivity index (χ1n) is 5.76. The van der Waals surface area contributed by atoms with Gasteiger partial charge in [0.15, 0.2) is 11.6 Å². The van der Waals surface area contributed by atoms with Crippen LogP contribution in [-0.2, 0) is 0 Å². The number of rotatable bonds is 2. The third-order valence-corrected chi connectivity index (χ3v) is 3.06. The van der Waals surface area contributed by atoms with E-state index >= 15 is 0 Å². The molecule has 0 aliphatic heterocycles. The van der Waals surface area contributed by atoms with E-state index in [9.17, 15) is 13.9 Å². The van der Waals surface area contributed by atoms with Gasteiger partial charge in [-0.1, -0.05) is 24.3 Å². The normalized spacial score (nSPS) is 12.8. The van der Waals surface area contributed by atoms with E-state index in [0.717, 1.165) is 17.5 Å². The van der Waals surface area contributed by atoms with Gasteiger partial charge in [0.05, 0.1) is 6.26 Å². The largest absolute Gasteiger partial charge is 0.464 e. The summed E-state index contributed by atoms with van der Waals surface area (Å²) >= 11 is 0. The number of aliphatic hydroxyl groups excluding tert-OH is 1. The van der Waals surface area contributed by atoms with Crippen molar-refractivity contribution in [3.8, 4) is 0 Å². The van der Waals surface area contributed by atoms with Gasteiger partial charge in [-0.2, -0.15) is 0 Å². The second kappa shape index (κ2) is 4.48. The molecule has 0 saturated heterocycles. The highest BCUT2D eigenvalue weighted by molar-refractivity contribution is 5.81. The Labute approximate surface area is 107 Å². The van der Waals surface area contributed by atoms with E-state index in [1.807, 2.05) is 12.1 Å². The molecular weight excluding hydrogens is 250 g/mol. The van der Waals surface area contributed by atoms with Crippen molar-refractivity contribution in [2.24, 2.45) is 0 Å². The summed E-state index contributed by atoms with van der Waals surface area (Å²) in [5, 5.41) is 11.0. The summed E-state index contributed by atoms with van der Waals surface area (Å²) in [6.45, 7) is 0. The summed E-state index contributed by atoms with van der Waals surface area (Å²) in [4.78, 5) is 0. The molecule has 0 bridgehead atoms. The van der Waals surface area contributed by atoms with Gasteiger partial charge in [-0.05, 0) is 23.8 Å². The number of hydrogen-bond donors (Lipinski definition) is 1. The predicted octanol–water partition coefficient (Wildman–Crippen LogP) is 3.79. The molecule has 2 nitrogen and oxygen atoms in total. The molecule has 1 heterocycles. The molecule has 1 aromatic heterocycles. The maximum Gasteiger partial charge on any atom is 0.159 e. The molecule has 1 N–H and O–H groups in total. The number of benzene rings is 2. The zero-order valence-corrected chi connectivity index (χ0v) is 9.81. The number of para-hydroxylation sites is 1. The predicted molar refractivity (Wildman–Crippen MR) is 66.6 cm³/mol. The van der Waals surface area contributed by atoms with Crippen LogP contribution < -0.4 is 0 Å². The minimum atomic E-state index is -1.06. The second-order valence-corrected chi connectivity index (χ2v) is 4.26. The smallest absolute Gasteiger partial charge is 0.159 e. The van der Waals surface area contributed by atoms with Crippen LogP contribution in [0.25, 0.3) is 11.0 Å². The van der Waals surface area contributed by atoms with Gasteiger partial charge in [-0.15, -0.1) is 0 Å². The fraction of sp³-hybridized carbons (Fsp3) is 0.0667. The highest BCUT2D eigenvalue weighted by Crippen LogP contribution is 2.30. The summed E-state index contributed by atoms with van der Waals surface area (Å²) < 4.78 is 31.4. The van der Waals surface area contributed by atoms with Crippen molar-refractivity contribution in [3.63, 3.8) is 0 Å². The van der Waals surface area contributed by atoms with E-state index in [4.69, 9.17) is 4.42 Å². The molecule has 1 atom stereocenters. The van der Waals surface area contributed by atoms with Crippen molar-refractivity contribution in [3.05, 3.63) is 71.5 Å². The minimum absolute atomic E-state index is 0.283. The third-order valence-electron chi connectivity index (χ3n) is 3.06. The number of aliphatic hydroxyl groups is 1. The molecule has 3 aromatic rings. The van der Waals surface area contributed by atoms with Gasteiger partial charge in [0, 0.05) is 10.9 Å². The molecule has 19 heavy (non-hydrogen) atoms. The van der Waals surface area contributed by atoms with Gasteiger partial charge in [-0.3, -0.25) is 0 Å². The molecule has 0 radical (unpaired) electrons. The first-order valence-corrected chi connectivity index (χ1v) is 5.76. The van der Waals surface area contributed by atoms with E-state index < -0.39 is 17.7 Å². The summed E-state index contributed by atoms with van der Waals surface area (Å²) in [6, 6.07) is 10.6. The molecule has 0 aliphatic carbocycles. The highest BCUT2D eigenvalue weighted by atomic mass is 19.2. The minimum Gasteiger partial charge on any atom is -0.464 e. The van der Waals surface area contributed by atoms with Crippen LogP contribution in [0.1, 0.15) is 17.2 Å². The lowest BCUT2D eigenvalue weighted by Crippen LogP contribution is -2.00. The van der Waals surface area contributed by atoms with E-state index in [2.05, 4.69) is 0 Å². The average molecular weight is 260 g/mol. The van der Waals surface area contributed by atoms with Gasteiger partial charge in [0.25, 0.3) is 0 Å². The summed E-state index contributed by atoms with van der Waals surface area (Å²) in [5.41, 5.74) is 1.45. The lowest BCUT2D eigenvalue weighted by atomic mass is 10.0. The topological polar surface area (TPSA) is 33.4 Å². The molecule has 96 valence electrons. The van der Waals surface area contributed by atoms with E-state index in [1.54, 1.807) is 12.1 Å². The monoisotopic (exact) mass is 260 g/mol. The Hall–Kier alpha value is -2.20. The van der Waals surface area contributed by atoms with Gasteiger partial charge in [0.1, 0.15) is 11.7 Å². The van der Waals surface area contributed by atoms with Crippen LogP contribution in [-0.4, -0.2) is 5.11 Å². The molecule has 2 aromatic carbocycles. The Morgan fingerprint density at radius 2 is 1.79 bits per heavy atom. The van der Waals surface area contributed by atoms with Crippen molar-refractivity contribution < 1.29 is 18.3 Å². The van der Waals surface area contributed by atoms with Gasteiger partial charge < -0.3 is 9.52 Å². The van der Waals surface area contributed by atoms with Gasteiger partial charge in [0.2, 0.25) is 0 Å². The summed E-state index contributed by atoms with van der Waals surface area (Å²) in [7, 11) is 0. The molecule has 1 unspecified atom stereocenters. The van der Waals surface area contributed by atoms with Crippen LogP contribution >= 0.6 is 0 Å². The molecule has 0 fully saturated rings. The lowest BCUT2D eigenvalue weighted by molar-refractivity contribution is 0.219. The maximum atomic E-state index is 13.2.